The van der Waals surface area contributed by atoms with E-state index < -0.39 is 24.2 Å². The molecule has 21 heavy (non-hydrogen) atoms. The highest BCUT2D eigenvalue weighted by molar-refractivity contribution is 5.52. The summed E-state index contributed by atoms with van der Waals surface area (Å²) in [5, 5.41) is 9.74. The van der Waals surface area contributed by atoms with E-state index in [0.717, 1.165) is 0 Å². The lowest BCUT2D eigenvalue weighted by Crippen LogP contribution is -2.51. The number of nitrogens with zero attached hydrogens (tertiary/aromatic N) is 1. The molecule has 1 fully saturated rings. The van der Waals surface area contributed by atoms with Gasteiger partial charge in [-0.25, -0.2) is 0 Å². The fraction of sp³-hybridized carbons (Fsp3) is 0.533. The summed E-state index contributed by atoms with van der Waals surface area (Å²) in [5.74, 6) is -1.70. The Morgan fingerprint density at radius 3 is 2.57 bits per heavy atom. The summed E-state index contributed by atoms with van der Waals surface area (Å²) in [6.07, 6.45) is -4.16. The second-order valence-corrected chi connectivity index (χ2v) is 5.34. The Balaban J connectivity index is 2.36. The quantitative estimate of drug-likeness (QED) is 0.868. The number of aliphatic hydroxyl groups is 1. The Bertz CT molecular complexity index is 464. The van der Waals surface area contributed by atoms with Crippen molar-refractivity contribution in [3.8, 4) is 0 Å². The van der Waals surface area contributed by atoms with E-state index in [-0.39, 0.29) is 18.5 Å². The van der Waals surface area contributed by atoms with Gasteiger partial charge in [0.1, 0.15) is 6.29 Å². The van der Waals surface area contributed by atoms with E-state index in [0.29, 0.717) is 19.3 Å². The lowest BCUT2D eigenvalue weighted by molar-refractivity contribution is -0.172. The number of aliphatic hydroxyl groups excluding tert-OH is 1. The molecule has 0 radical (unpaired) electrons. The molecule has 1 aromatic rings. The van der Waals surface area contributed by atoms with Crippen LogP contribution >= 0.6 is 0 Å². The molecule has 0 spiro atoms. The number of rotatable bonds is 4. The number of aldehydes is 1. The molecular weight excluding hydrogens is 283 g/mol. The van der Waals surface area contributed by atoms with Crippen molar-refractivity contribution < 1.29 is 23.1 Å². The lowest BCUT2D eigenvalue weighted by atomic mass is 9.83. The minimum atomic E-state index is -4.43. The van der Waals surface area contributed by atoms with E-state index in [4.69, 9.17) is 0 Å². The Morgan fingerprint density at radius 1 is 1.33 bits per heavy atom. The monoisotopic (exact) mass is 301 g/mol. The summed E-state index contributed by atoms with van der Waals surface area (Å²) >= 11 is 0. The van der Waals surface area contributed by atoms with Crippen LogP contribution in [-0.2, 0) is 4.79 Å². The van der Waals surface area contributed by atoms with Crippen molar-refractivity contribution in [3.63, 3.8) is 0 Å². The van der Waals surface area contributed by atoms with E-state index in [2.05, 4.69) is 0 Å². The highest BCUT2D eigenvalue weighted by Crippen LogP contribution is 2.42. The van der Waals surface area contributed by atoms with Crippen molar-refractivity contribution in [2.45, 2.75) is 37.1 Å². The van der Waals surface area contributed by atoms with Gasteiger partial charge in [0, 0.05) is 12.6 Å². The van der Waals surface area contributed by atoms with Crippen molar-refractivity contribution in [2.75, 3.05) is 13.1 Å². The molecule has 0 aliphatic carbocycles. The zero-order valence-electron chi connectivity index (χ0n) is 11.5. The first kappa shape index (κ1) is 16.0. The Labute approximate surface area is 121 Å². The first-order valence-electron chi connectivity index (χ1n) is 6.91. The van der Waals surface area contributed by atoms with Gasteiger partial charge in [-0.2, -0.15) is 13.2 Å². The minimum Gasteiger partial charge on any atom is -0.393 e. The fourth-order valence-corrected chi connectivity index (χ4v) is 2.99. The molecule has 3 nitrogen and oxygen atoms in total. The average Bonchev–Trinajstić information content (AvgIpc) is 2.42. The lowest BCUT2D eigenvalue weighted by Gasteiger charge is -2.42. The van der Waals surface area contributed by atoms with Gasteiger partial charge in [-0.05, 0) is 18.4 Å². The van der Waals surface area contributed by atoms with E-state index in [1.54, 1.807) is 18.2 Å². The summed E-state index contributed by atoms with van der Waals surface area (Å²) in [7, 11) is 0. The Hall–Kier alpha value is -1.40. The van der Waals surface area contributed by atoms with E-state index >= 15 is 0 Å². The molecule has 116 valence electrons. The van der Waals surface area contributed by atoms with Crippen LogP contribution in [-0.4, -0.2) is 47.7 Å². The molecule has 3 unspecified atom stereocenters. The van der Waals surface area contributed by atoms with Crippen molar-refractivity contribution in [1.82, 2.24) is 4.90 Å². The molecule has 0 bridgehead atoms. The number of hydrogen-bond donors (Lipinski definition) is 1. The van der Waals surface area contributed by atoms with Gasteiger partial charge < -0.3 is 9.90 Å². The highest BCUT2D eigenvalue weighted by Gasteiger charge is 2.48. The summed E-state index contributed by atoms with van der Waals surface area (Å²) in [4.78, 5) is 12.2. The minimum absolute atomic E-state index is 0.0207. The SMILES string of the molecule is O=CCN1CCC(O)CC1C(c1ccccc1)C(F)(F)F. The Morgan fingerprint density at radius 2 is 2.00 bits per heavy atom. The maximum atomic E-state index is 13.5. The first-order valence-corrected chi connectivity index (χ1v) is 6.91. The van der Waals surface area contributed by atoms with Crippen LogP contribution in [0, 0.1) is 0 Å². The Kier molecular flexibility index (Phi) is 5.00. The summed E-state index contributed by atoms with van der Waals surface area (Å²) in [6, 6.07) is 6.77. The maximum absolute atomic E-state index is 13.5. The third-order valence-corrected chi connectivity index (χ3v) is 3.94. The topological polar surface area (TPSA) is 40.5 Å². The van der Waals surface area contributed by atoms with E-state index in [1.807, 2.05) is 0 Å². The largest absolute Gasteiger partial charge is 0.397 e. The number of piperidine rings is 1. The van der Waals surface area contributed by atoms with Crippen LogP contribution in [0.3, 0.4) is 0 Å². The standard InChI is InChI=1S/C15H18F3NO2/c16-15(17,18)14(11-4-2-1-3-5-11)13-10-12(21)6-7-19(13)8-9-20/h1-5,9,12-14,21H,6-8,10H2. The van der Waals surface area contributed by atoms with Crippen molar-refractivity contribution >= 4 is 6.29 Å². The predicted molar refractivity (Wildman–Crippen MR) is 71.9 cm³/mol. The molecule has 0 saturated carbocycles. The van der Waals surface area contributed by atoms with Crippen LogP contribution in [0.4, 0.5) is 13.2 Å². The second-order valence-electron chi connectivity index (χ2n) is 5.34. The van der Waals surface area contributed by atoms with Crippen LogP contribution in [0.25, 0.3) is 0 Å². The fourth-order valence-electron chi connectivity index (χ4n) is 2.99. The van der Waals surface area contributed by atoms with E-state index in [9.17, 15) is 23.1 Å². The highest BCUT2D eigenvalue weighted by atomic mass is 19.4. The average molecular weight is 301 g/mol. The molecule has 3 atom stereocenters. The number of likely N-dealkylation sites (tertiary alicyclic amines) is 1. The molecular formula is C15H18F3NO2. The van der Waals surface area contributed by atoms with Crippen LogP contribution in [0.5, 0.6) is 0 Å². The number of benzene rings is 1. The van der Waals surface area contributed by atoms with Crippen molar-refractivity contribution in [3.05, 3.63) is 35.9 Å². The van der Waals surface area contributed by atoms with Gasteiger partial charge in [-0.3, -0.25) is 4.90 Å². The smallest absolute Gasteiger partial charge is 0.393 e. The molecule has 1 aliphatic heterocycles. The van der Waals surface area contributed by atoms with Gasteiger partial charge in [0.25, 0.3) is 0 Å². The van der Waals surface area contributed by atoms with Gasteiger partial charge in [0.05, 0.1) is 18.6 Å². The molecule has 0 amide bonds. The third-order valence-electron chi connectivity index (χ3n) is 3.94. The summed E-state index contributed by atoms with van der Waals surface area (Å²) in [6.45, 7) is 0.251. The second kappa shape index (κ2) is 6.58. The molecule has 6 heteroatoms. The van der Waals surface area contributed by atoms with Gasteiger partial charge in [-0.15, -0.1) is 0 Å². The van der Waals surface area contributed by atoms with Crippen molar-refractivity contribution in [1.29, 1.82) is 0 Å². The maximum Gasteiger partial charge on any atom is 0.397 e. The molecule has 1 saturated heterocycles. The molecule has 1 aliphatic rings. The molecule has 1 N–H and O–H groups in total. The summed E-state index contributed by atoms with van der Waals surface area (Å²) in [5.41, 5.74) is 0.167. The zero-order valence-corrected chi connectivity index (χ0v) is 11.5. The van der Waals surface area contributed by atoms with Gasteiger partial charge in [-0.1, -0.05) is 30.3 Å². The summed E-state index contributed by atoms with van der Waals surface area (Å²) < 4.78 is 40.6. The molecule has 0 aromatic heterocycles. The van der Waals surface area contributed by atoms with Crippen molar-refractivity contribution in [2.24, 2.45) is 0 Å². The molecule has 2 rings (SSSR count). The first-order chi connectivity index (χ1) is 9.93. The van der Waals surface area contributed by atoms with E-state index in [1.165, 1.54) is 17.0 Å². The third kappa shape index (κ3) is 3.83. The van der Waals surface area contributed by atoms with Gasteiger partial charge in [0.15, 0.2) is 0 Å². The number of halogens is 3. The molecule has 1 aromatic carbocycles. The van der Waals surface area contributed by atoms with Crippen LogP contribution < -0.4 is 0 Å². The normalized spacial score (nSPS) is 25.5. The predicted octanol–water partition coefficient (Wildman–Crippen LogP) is 2.36. The van der Waals surface area contributed by atoms with Gasteiger partial charge in [0.2, 0.25) is 0 Å². The molecule has 1 heterocycles. The number of carbonyl (C=O) groups is 1. The van der Waals surface area contributed by atoms with Crippen LogP contribution in [0.2, 0.25) is 0 Å². The number of hydrogen-bond acceptors (Lipinski definition) is 3. The van der Waals surface area contributed by atoms with Crippen LogP contribution in [0.1, 0.15) is 24.3 Å². The zero-order chi connectivity index (χ0) is 15.5. The van der Waals surface area contributed by atoms with Gasteiger partial charge >= 0.3 is 6.18 Å². The number of alkyl halides is 3. The van der Waals surface area contributed by atoms with Crippen LogP contribution in [0.15, 0.2) is 30.3 Å². The number of carbonyl (C=O) groups excluding carboxylic acids is 1.